The van der Waals surface area contributed by atoms with Gasteiger partial charge in [0.05, 0.1) is 17.6 Å². The number of hydrogen-bond acceptors (Lipinski definition) is 2. The number of nitrogens with one attached hydrogen (secondary N) is 1. The zero-order valence-electron chi connectivity index (χ0n) is 9.83. The van der Waals surface area contributed by atoms with Crippen molar-refractivity contribution < 1.29 is 0 Å². The summed E-state index contributed by atoms with van der Waals surface area (Å²) in [6, 6.07) is 0.945. The van der Waals surface area contributed by atoms with E-state index < -0.39 is 0 Å². The van der Waals surface area contributed by atoms with Crippen LogP contribution in [0.15, 0.2) is 6.20 Å². The molecule has 1 aromatic heterocycles. The zero-order chi connectivity index (χ0) is 10.7. The average molecular weight is 195 g/mol. The maximum Gasteiger partial charge on any atom is 0.0758 e. The van der Waals surface area contributed by atoms with Gasteiger partial charge in [-0.25, -0.2) is 0 Å². The molecule has 0 saturated carbocycles. The van der Waals surface area contributed by atoms with Crippen LogP contribution in [0.1, 0.15) is 45.9 Å². The van der Waals surface area contributed by atoms with Crippen LogP contribution in [0.3, 0.4) is 0 Å². The van der Waals surface area contributed by atoms with Crippen molar-refractivity contribution in [3.63, 3.8) is 0 Å². The van der Waals surface area contributed by atoms with Crippen LogP contribution < -0.4 is 5.32 Å². The summed E-state index contributed by atoms with van der Waals surface area (Å²) in [5, 5.41) is 7.78. The lowest BCUT2D eigenvalue weighted by Gasteiger charge is -2.13. The predicted octanol–water partition coefficient (Wildman–Crippen LogP) is 2.98. The normalized spacial score (nSPS) is 13.3. The topological polar surface area (TPSA) is 29.9 Å². The smallest absolute Gasteiger partial charge is 0.0758 e. The summed E-state index contributed by atoms with van der Waals surface area (Å²) in [6.45, 7) is 10.8. The molecule has 80 valence electrons. The van der Waals surface area contributed by atoms with Crippen molar-refractivity contribution in [1.82, 2.24) is 9.78 Å². The Balaban J connectivity index is 2.85. The molecule has 14 heavy (non-hydrogen) atoms. The number of aromatic nitrogens is 2. The van der Waals surface area contributed by atoms with Crippen molar-refractivity contribution in [1.29, 1.82) is 0 Å². The first-order chi connectivity index (χ1) is 6.56. The molecular weight excluding hydrogens is 174 g/mol. The van der Waals surface area contributed by atoms with Crippen LogP contribution in [0.25, 0.3) is 0 Å². The van der Waals surface area contributed by atoms with Crippen molar-refractivity contribution in [2.75, 3.05) is 5.32 Å². The quantitative estimate of drug-likeness (QED) is 0.800. The van der Waals surface area contributed by atoms with Gasteiger partial charge in [0.15, 0.2) is 0 Å². The van der Waals surface area contributed by atoms with Crippen LogP contribution in [-0.2, 0) is 0 Å². The van der Waals surface area contributed by atoms with Crippen molar-refractivity contribution in [3.05, 3.63) is 11.9 Å². The Morgan fingerprint density at radius 3 is 2.57 bits per heavy atom. The van der Waals surface area contributed by atoms with Gasteiger partial charge in [-0.3, -0.25) is 4.68 Å². The Morgan fingerprint density at radius 2 is 2.07 bits per heavy atom. The molecule has 0 aromatic carbocycles. The molecule has 0 aliphatic carbocycles. The Kier molecular flexibility index (Phi) is 3.55. The molecule has 3 nitrogen and oxygen atoms in total. The summed E-state index contributed by atoms with van der Waals surface area (Å²) in [4.78, 5) is 0. The van der Waals surface area contributed by atoms with Crippen LogP contribution in [0.4, 0.5) is 5.69 Å². The van der Waals surface area contributed by atoms with Gasteiger partial charge in [0, 0.05) is 12.1 Å². The molecule has 3 heteroatoms. The first-order valence-electron chi connectivity index (χ1n) is 5.36. The summed E-state index contributed by atoms with van der Waals surface area (Å²) in [5.41, 5.74) is 2.38. The Bertz CT molecular complexity index is 289. The van der Waals surface area contributed by atoms with E-state index in [1.54, 1.807) is 0 Å². The summed E-state index contributed by atoms with van der Waals surface area (Å²) in [6.07, 6.45) is 3.03. The lowest BCUT2D eigenvalue weighted by molar-refractivity contribution is 0.467. The summed E-state index contributed by atoms with van der Waals surface area (Å²) in [7, 11) is 0. The lowest BCUT2D eigenvalue weighted by atomic mass is 10.2. The van der Waals surface area contributed by atoms with Crippen molar-refractivity contribution >= 4 is 5.69 Å². The first-order valence-corrected chi connectivity index (χ1v) is 5.36. The van der Waals surface area contributed by atoms with Gasteiger partial charge in [-0.1, -0.05) is 6.92 Å². The van der Waals surface area contributed by atoms with Crippen LogP contribution in [-0.4, -0.2) is 15.8 Å². The molecular formula is C11H21N3. The summed E-state index contributed by atoms with van der Waals surface area (Å²) < 4.78 is 2.09. The molecule has 0 aliphatic heterocycles. The third kappa shape index (κ3) is 2.28. The molecule has 1 atom stereocenters. The number of anilines is 1. The second kappa shape index (κ2) is 4.49. The molecule has 1 unspecified atom stereocenters. The third-order valence-corrected chi connectivity index (χ3v) is 2.50. The van der Waals surface area contributed by atoms with Gasteiger partial charge in [0.2, 0.25) is 0 Å². The van der Waals surface area contributed by atoms with Crippen LogP contribution >= 0.6 is 0 Å². The Hall–Kier alpha value is -0.990. The highest BCUT2D eigenvalue weighted by atomic mass is 15.3. The maximum absolute atomic E-state index is 4.39. The average Bonchev–Trinajstić information content (AvgIpc) is 2.46. The molecule has 1 rings (SSSR count). The molecule has 1 heterocycles. The fourth-order valence-corrected chi connectivity index (χ4v) is 1.49. The fourth-order valence-electron chi connectivity index (χ4n) is 1.49. The molecule has 1 N–H and O–H groups in total. The Morgan fingerprint density at radius 1 is 1.43 bits per heavy atom. The van der Waals surface area contributed by atoms with Gasteiger partial charge >= 0.3 is 0 Å². The van der Waals surface area contributed by atoms with E-state index in [1.165, 1.54) is 5.69 Å². The SMILES string of the molecule is CCC(C)n1ncc(NC(C)C)c1C. The molecule has 0 bridgehead atoms. The predicted molar refractivity (Wildman–Crippen MR) is 60.7 cm³/mol. The van der Waals surface area contributed by atoms with Crippen molar-refractivity contribution in [3.8, 4) is 0 Å². The van der Waals surface area contributed by atoms with Gasteiger partial charge in [-0.15, -0.1) is 0 Å². The first kappa shape index (κ1) is 11.1. The molecule has 0 aliphatic rings. The highest BCUT2D eigenvalue weighted by Gasteiger charge is 2.10. The van der Waals surface area contributed by atoms with E-state index in [1.807, 2.05) is 6.20 Å². The fraction of sp³-hybridized carbons (Fsp3) is 0.727. The maximum atomic E-state index is 4.39. The van der Waals surface area contributed by atoms with Gasteiger partial charge in [0.25, 0.3) is 0 Å². The van der Waals surface area contributed by atoms with E-state index in [0.29, 0.717) is 12.1 Å². The largest absolute Gasteiger partial charge is 0.380 e. The van der Waals surface area contributed by atoms with Crippen molar-refractivity contribution in [2.24, 2.45) is 0 Å². The van der Waals surface area contributed by atoms with Gasteiger partial charge < -0.3 is 5.32 Å². The van der Waals surface area contributed by atoms with E-state index in [-0.39, 0.29) is 0 Å². The molecule has 0 amide bonds. The molecule has 0 radical (unpaired) electrons. The van der Waals surface area contributed by atoms with E-state index in [4.69, 9.17) is 0 Å². The highest BCUT2D eigenvalue weighted by Crippen LogP contribution is 2.19. The van der Waals surface area contributed by atoms with E-state index in [2.05, 4.69) is 49.7 Å². The number of nitrogens with zero attached hydrogens (tertiary/aromatic N) is 2. The molecule has 0 fully saturated rings. The number of hydrogen-bond donors (Lipinski definition) is 1. The second-order valence-electron chi connectivity index (χ2n) is 4.14. The minimum Gasteiger partial charge on any atom is -0.380 e. The van der Waals surface area contributed by atoms with E-state index in [0.717, 1.165) is 12.1 Å². The van der Waals surface area contributed by atoms with Crippen molar-refractivity contribution in [2.45, 2.75) is 53.1 Å². The standard InChI is InChI=1S/C11H21N3/c1-6-9(4)14-10(5)11(7-12-14)13-8(2)3/h7-9,13H,6H2,1-5H3. The Labute approximate surface area is 86.5 Å². The van der Waals surface area contributed by atoms with Crippen LogP contribution in [0.5, 0.6) is 0 Å². The molecule has 0 spiro atoms. The highest BCUT2D eigenvalue weighted by molar-refractivity contribution is 5.46. The van der Waals surface area contributed by atoms with Gasteiger partial charge in [-0.2, -0.15) is 5.10 Å². The second-order valence-corrected chi connectivity index (χ2v) is 4.14. The van der Waals surface area contributed by atoms with Gasteiger partial charge in [0.1, 0.15) is 0 Å². The van der Waals surface area contributed by atoms with Crippen LogP contribution in [0.2, 0.25) is 0 Å². The van der Waals surface area contributed by atoms with Crippen LogP contribution in [0, 0.1) is 6.92 Å². The van der Waals surface area contributed by atoms with E-state index in [9.17, 15) is 0 Å². The summed E-state index contributed by atoms with van der Waals surface area (Å²) >= 11 is 0. The zero-order valence-corrected chi connectivity index (χ0v) is 9.83. The minimum atomic E-state index is 0.461. The molecule has 0 saturated heterocycles. The summed E-state index contributed by atoms with van der Waals surface area (Å²) in [5.74, 6) is 0. The van der Waals surface area contributed by atoms with E-state index >= 15 is 0 Å². The third-order valence-electron chi connectivity index (χ3n) is 2.50. The number of rotatable bonds is 4. The van der Waals surface area contributed by atoms with Gasteiger partial charge in [-0.05, 0) is 34.1 Å². The monoisotopic (exact) mass is 195 g/mol. The lowest BCUT2D eigenvalue weighted by Crippen LogP contribution is -2.12. The molecule has 1 aromatic rings. The minimum absolute atomic E-state index is 0.461.